The minimum atomic E-state index is 0.255. The summed E-state index contributed by atoms with van der Waals surface area (Å²) in [5.74, 6) is 0.519. The van der Waals surface area contributed by atoms with Crippen molar-refractivity contribution < 1.29 is 4.79 Å². The number of hydrogen-bond acceptors (Lipinski definition) is 4. The van der Waals surface area contributed by atoms with Crippen LogP contribution < -0.4 is 10.6 Å². The van der Waals surface area contributed by atoms with Crippen LogP contribution in [0.15, 0.2) is 17.5 Å². The summed E-state index contributed by atoms with van der Waals surface area (Å²) >= 11 is 1.76. The van der Waals surface area contributed by atoms with Crippen molar-refractivity contribution in [1.82, 2.24) is 15.5 Å². The molecular formula is C16H25N3OS. The van der Waals surface area contributed by atoms with Gasteiger partial charge >= 0.3 is 0 Å². The van der Waals surface area contributed by atoms with Crippen LogP contribution in [-0.4, -0.2) is 44.5 Å². The molecule has 1 aromatic heterocycles. The highest BCUT2D eigenvalue weighted by Crippen LogP contribution is 2.58. The van der Waals surface area contributed by atoms with Gasteiger partial charge in [0.25, 0.3) is 0 Å². The van der Waals surface area contributed by atoms with Crippen molar-refractivity contribution in [2.24, 2.45) is 11.3 Å². The molecule has 1 aliphatic carbocycles. The van der Waals surface area contributed by atoms with E-state index < -0.39 is 0 Å². The maximum atomic E-state index is 12.4. The number of piperidine rings is 1. The number of rotatable bonds is 5. The highest BCUT2D eigenvalue weighted by Gasteiger charge is 2.57. The lowest BCUT2D eigenvalue weighted by Crippen LogP contribution is -2.37. The minimum absolute atomic E-state index is 0.255. The molecule has 0 aromatic carbocycles. The molecule has 0 bridgehead atoms. The van der Waals surface area contributed by atoms with Gasteiger partial charge in [-0.25, -0.2) is 0 Å². The van der Waals surface area contributed by atoms with Crippen molar-refractivity contribution >= 4 is 17.2 Å². The van der Waals surface area contributed by atoms with Gasteiger partial charge in [-0.05, 0) is 63.3 Å². The predicted octanol–water partition coefficient (Wildman–Crippen LogP) is 1.86. The summed E-state index contributed by atoms with van der Waals surface area (Å²) < 4.78 is 0. The molecule has 1 saturated carbocycles. The van der Waals surface area contributed by atoms with Crippen molar-refractivity contribution in [3.63, 3.8) is 0 Å². The third kappa shape index (κ3) is 3.15. The Bertz CT molecular complexity index is 480. The Morgan fingerprint density at radius 1 is 1.52 bits per heavy atom. The standard InChI is InChI=1S/C16H25N3OS/c1-19(2)13(14-4-3-9-21-14)11-18-15(20)12-10-16(12)5-7-17-8-6-16/h3-4,9,12-13,17H,5-8,10-11H2,1-2H3,(H,18,20). The van der Waals surface area contributed by atoms with Gasteiger partial charge in [0.2, 0.25) is 5.91 Å². The fourth-order valence-corrected chi connectivity index (χ4v) is 4.46. The summed E-state index contributed by atoms with van der Waals surface area (Å²) in [5.41, 5.74) is 0.325. The average molecular weight is 307 g/mol. The third-order valence-electron chi connectivity index (χ3n) is 5.07. The van der Waals surface area contributed by atoms with E-state index in [-0.39, 0.29) is 17.9 Å². The Morgan fingerprint density at radius 3 is 2.90 bits per heavy atom. The van der Waals surface area contributed by atoms with Gasteiger partial charge in [0.05, 0.1) is 6.04 Å². The Labute approximate surface area is 130 Å². The predicted molar refractivity (Wildman–Crippen MR) is 86.4 cm³/mol. The van der Waals surface area contributed by atoms with Gasteiger partial charge in [-0.1, -0.05) is 6.07 Å². The number of carbonyl (C=O) groups excluding carboxylic acids is 1. The van der Waals surface area contributed by atoms with Gasteiger partial charge in [0.1, 0.15) is 0 Å². The molecule has 3 rings (SSSR count). The fourth-order valence-electron chi connectivity index (χ4n) is 3.53. The molecule has 4 nitrogen and oxygen atoms in total. The summed E-state index contributed by atoms with van der Waals surface area (Å²) in [6, 6.07) is 4.49. The van der Waals surface area contributed by atoms with Crippen LogP contribution >= 0.6 is 11.3 Å². The second kappa shape index (κ2) is 6.07. The van der Waals surface area contributed by atoms with Crippen molar-refractivity contribution in [3.05, 3.63) is 22.4 Å². The van der Waals surface area contributed by atoms with E-state index in [9.17, 15) is 4.79 Å². The first-order chi connectivity index (χ1) is 10.1. The highest BCUT2D eigenvalue weighted by molar-refractivity contribution is 7.10. The van der Waals surface area contributed by atoms with Crippen LogP contribution in [0.3, 0.4) is 0 Å². The SMILES string of the molecule is CN(C)C(CNC(=O)C1CC12CCNCC2)c1cccs1. The summed E-state index contributed by atoms with van der Waals surface area (Å²) in [6.07, 6.45) is 3.41. The van der Waals surface area contributed by atoms with E-state index in [2.05, 4.69) is 47.1 Å². The number of nitrogens with zero attached hydrogens (tertiary/aromatic N) is 1. The van der Waals surface area contributed by atoms with Gasteiger partial charge in [0, 0.05) is 17.3 Å². The smallest absolute Gasteiger partial charge is 0.223 e. The van der Waals surface area contributed by atoms with E-state index >= 15 is 0 Å². The second-order valence-corrected chi connectivity index (χ2v) is 7.59. The maximum absolute atomic E-state index is 12.4. The van der Waals surface area contributed by atoms with Crippen LogP contribution in [0, 0.1) is 11.3 Å². The number of hydrogen-bond donors (Lipinski definition) is 2. The quantitative estimate of drug-likeness (QED) is 0.873. The monoisotopic (exact) mass is 307 g/mol. The Hall–Kier alpha value is -0.910. The summed E-state index contributed by atoms with van der Waals surface area (Å²) in [7, 11) is 4.14. The summed E-state index contributed by atoms with van der Waals surface area (Å²) in [4.78, 5) is 15.9. The minimum Gasteiger partial charge on any atom is -0.354 e. The Kier molecular flexibility index (Phi) is 4.33. The Morgan fingerprint density at radius 2 is 2.29 bits per heavy atom. The van der Waals surface area contributed by atoms with Crippen LogP contribution in [0.4, 0.5) is 0 Å². The number of amides is 1. The summed E-state index contributed by atoms with van der Waals surface area (Å²) in [5, 5.41) is 8.67. The van der Waals surface area contributed by atoms with Crippen molar-refractivity contribution in [2.45, 2.75) is 25.3 Å². The molecule has 1 aliphatic heterocycles. The van der Waals surface area contributed by atoms with Gasteiger partial charge in [0.15, 0.2) is 0 Å². The molecule has 21 heavy (non-hydrogen) atoms. The zero-order valence-corrected chi connectivity index (χ0v) is 13.7. The first-order valence-electron chi connectivity index (χ1n) is 7.81. The molecule has 2 unspecified atom stereocenters. The van der Waals surface area contributed by atoms with E-state index in [0.717, 1.165) is 32.4 Å². The summed E-state index contributed by atoms with van der Waals surface area (Å²) in [6.45, 7) is 2.84. The molecular weight excluding hydrogens is 282 g/mol. The topological polar surface area (TPSA) is 44.4 Å². The maximum Gasteiger partial charge on any atom is 0.223 e. The first kappa shape index (κ1) is 15.0. The van der Waals surface area contributed by atoms with Gasteiger partial charge < -0.3 is 15.5 Å². The van der Waals surface area contributed by atoms with E-state index in [0.29, 0.717) is 12.0 Å². The van der Waals surface area contributed by atoms with Crippen molar-refractivity contribution in [3.8, 4) is 0 Å². The van der Waals surface area contributed by atoms with Crippen LogP contribution in [0.2, 0.25) is 0 Å². The average Bonchev–Trinajstić information content (AvgIpc) is 2.91. The fraction of sp³-hybridized carbons (Fsp3) is 0.688. The van der Waals surface area contributed by atoms with Crippen LogP contribution in [0.5, 0.6) is 0 Å². The van der Waals surface area contributed by atoms with E-state index in [1.165, 1.54) is 4.88 Å². The molecule has 2 N–H and O–H groups in total. The zero-order valence-electron chi connectivity index (χ0n) is 12.9. The number of nitrogens with one attached hydrogen (secondary N) is 2. The number of thiophene rings is 1. The molecule has 1 amide bonds. The molecule has 1 saturated heterocycles. The number of carbonyl (C=O) groups is 1. The van der Waals surface area contributed by atoms with E-state index in [4.69, 9.17) is 0 Å². The lowest BCUT2D eigenvalue weighted by molar-refractivity contribution is -0.123. The van der Waals surface area contributed by atoms with Crippen molar-refractivity contribution in [1.29, 1.82) is 0 Å². The molecule has 2 fully saturated rings. The molecule has 116 valence electrons. The normalized spacial score (nSPS) is 25.0. The molecule has 2 aliphatic rings. The number of likely N-dealkylation sites (N-methyl/N-ethyl adjacent to an activating group) is 1. The zero-order chi connectivity index (χ0) is 14.9. The van der Waals surface area contributed by atoms with Crippen molar-refractivity contribution in [2.75, 3.05) is 33.7 Å². The lowest BCUT2D eigenvalue weighted by atomic mass is 9.92. The van der Waals surface area contributed by atoms with E-state index in [1.807, 2.05) is 0 Å². The lowest BCUT2D eigenvalue weighted by Gasteiger charge is -2.25. The van der Waals surface area contributed by atoms with Gasteiger partial charge in [-0.2, -0.15) is 0 Å². The van der Waals surface area contributed by atoms with Gasteiger partial charge in [-0.3, -0.25) is 4.79 Å². The van der Waals surface area contributed by atoms with Gasteiger partial charge in [-0.15, -0.1) is 11.3 Å². The molecule has 2 heterocycles. The second-order valence-electron chi connectivity index (χ2n) is 6.61. The molecule has 1 spiro atoms. The largest absolute Gasteiger partial charge is 0.354 e. The molecule has 0 radical (unpaired) electrons. The third-order valence-corrected chi connectivity index (χ3v) is 6.04. The van der Waals surface area contributed by atoms with E-state index in [1.54, 1.807) is 11.3 Å². The molecule has 5 heteroatoms. The van der Waals surface area contributed by atoms with Crippen LogP contribution in [-0.2, 0) is 4.79 Å². The Balaban J connectivity index is 1.54. The van der Waals surface area contributed by atoms with Crippen LogP contribution in [0.25, 0.3) is 0 Å². The van der Waals surface area contributed by atoms with Crippen LogP contribution in [0.1, 0.15) is 30.2 Å². The highest BCUT2D eigenvalue weighted by atomic mass is 32.1. The molecule has 1 aromatic rings. The molecule has 2 atom stereocenters. The first-order valence-corrected chi connectivity index (χ1v) is 8.69.